The first-order valence-electron chi connectivity index (χ1n) is 9.98. The first-order chi connectivity index (χ1) is 15.4. The molecule has 4 rings (SSSR count). The van der Waals surface area contributed by atoms with Crippen LogP contribution in [0.1, 0.15) is 24.3 Å². The molecule has 2 aromatic carbocycles. The molecule has 176 valence electrons. The standard InChI is InChI=1S/C21H19F4N3O4S/c1-33(30,31)14-3-4-15(16(22)11-14)19-27-17-10-13(12-6-8-26-9-7-12)2-5-18(17)28(19)32-20(29)21(23,24)25/h2-5,10-12,26H,6-9H2,1H3. The fourth-order valence-electron chi connectivity index (χ4n) is 3.79. The molecule has 2 heterocycles. The van der Waals surface area contributed by atoms with Gasteiger partial charge in [0.1, 0.15) is 11.3 Å². The zero-order chi connectivity index (χ0) is 24.0. The maximum Gasteiger partial charge on any atom is 0.493 e. The van der Waals surface area contributed by atoms with Crippen LogP contribution in [0, 0.1) is 5.82 Å². The molecule has 1 N–H and O–H groups in total. The molecular formula is C21H19F4N3O4S. The van der Waals surface area contributed by atoms with Crippen molar-refractivity contribution >= 4 is 26.8 Å². The van der Waals surface area contributed by atoms with Crippen molar-refractivity contribution in [2.24, 2.45) is 0 Å². The van der Waals surface area contributed by atoms with E-state index in [1.54, 1.807) is 12.1 Å². The van der Waals surface area contributed by atoms with E-state index in [-0.39, 0.29) is 27.4 Å². The van der Waals surface area contributed by atoms with E-state index in [4.69, 9.17) is 0 Å². The van der Waals surface area contributed by atoms with Gasteiger partial charge in [-0.05, 0) is 67.7 Å². The Kier molecular flexibility index (Phi) is 5.91. The van der Waals surface area contributed by atoms with Crippen molar-refractivity contribution in [2.45, 2.75) is 29.8 Å². The molecule has 12 heteroatoms. The second-order valence-electron chi connectivity index (χ2n) is 7.79. The normalized spacial score (nSPS) is 15.7. The lowest BCUT2D eigenvalue weighted by molar-refractivity contribution is -0.199. The first-order valence-corrected chi connectivity index (χ1v) is 11.9. The molecule has 0 atom stereocenters. The topological polar surface area (TPSA) is 90.3 Å². The SMILES string of the molecule is CS(=O)(=O)c1ccc(-c2nc3cc(C4CCNCC4)ccc3n2OC(=O)C(F)(F)F)c(F)c1. The Labute approximate surface area is 186 Å². The second kappa shape index (κ2) is 8.41. The molecule has 1 aromatic heterocycles. The van der Waals surface area contributed by atoms with Gasteiger partial charge in [-0.2, -0.15) is 17.9 Å². The Morgan fingerprint density at radius 2 is 1.85 bits per heavy atom. The number of nitrogens with zero attached hydrogens (tertiary/aromatic N) is 2. The summed E-state index contributed by atoms with van der Waals surface area (Å²) in [5.74, 6) is -3.73. The number of aromatic nitrogens is 2. The van der Waals surface area contributed by atoms with Gasteiger partial charge in [0.05, 0.1) is 16.0 Å². The minimum atomic E-state index is -5.29. The Morgan fingerprint density at radius 1 is 1.15 bits per heavy atom. The molecule has 1 aliphatic heterocycles. The Hall–Kier alpha value is -2.99. The number of sulfone groups is 1. The molecule has 7 nitrogen and oxygen atoms in total. The summed E-state index contributed by atoms with van der Waals surface area (Å²) in [6.45, 7) is 1.65. The van der Waals surface area contributed by atoms with Crippen molar-refractivity contribution in [1.82, 2.24) is 15.0 Å². The highest BCUT2D eigenvalue weighted by atomic mass is 32.2. The summed E-state index contributed by atoms with van der Waals surface area (Å²) in [6.07, 6.45) is -2.67. The smallest absolute Gasteiger partial charge is 0.326 e. The van der Waals surface area contributed by atoms with Crippen LogP contribution >= 0.6 is 0 Å². The quantitative estimate of drug-likeness (QED) is 0.571. The summed E-state index contributed by atoms with van der Waals surface area (Å²) in [6, 6.07) is 7.76. The van der Waals surface area contributed by atoms with Crippen LogP contribution in [0.25, 0.3) is 22.4 Å². The third-order valence-corrected chi connectivity index (χ3v) is 6.57. The van der Waals surface area contributed by atoms with E-state index in [1.165, 1.54) is 6.07 Å². The number of alkyl halides is 3. The average molecular weight is 485 g/mol. The molecule has 0 saturated carbocycles. The van der Waals surface area contributed by atoms with E-state index < -0.39 is 33.6 Å². The maximum absolute atomic E-state index is 14.8. The highest BCUT2D eigenvalue weighted by molar-refractivity contribution is 7.90. The largest absolute Gasteiger partial charge is 0.493 e. The summed E-state index contributed by atoms with van der Waals surface area (Å²) in [7, 11) is -3.72. The van der Waals surface area contributed by atoms with Gasteiger partial charge >= 0.3 is 12.1 Å². The molecule has 0 radical (unpaired) electrons. The molecule has 0 unspecified atom stereocenters. The lowest BCUT2D eigenvalue weighted by Crippen LogP contribution is -2.33. The van der Waals surface area contributed by atoms with E-state index >= 15 is 0 Å². The molecular weight excluding hydrogens is 466 g/mol. The number of halogens is 4. The predicted octanol–water partition coefficient (Wildman–Crippen LogP) is 3.23. The van der Waals surface area contributed by atoms with Gasteiger partial charge in [-0.15, -0.1) is 0 Å². The van der Waals surface area contributed by atoms with Crippen LogP contribution in [-0.2, 0) is 14.6 Å². The van der Waals surface area contributed by atoms with Crippen molar-refractivity contribution in [1.29, 1.82) is 0 Å². The Balaban J connectivity index is 1.86. The van der Waals surface area contributed by atoms with Crippen LogP contribution < -0.4 is 10.2 Å². The van der Waals surface area contributed by atoms with Crippen LogP contribution in [0.5, 0.6) is 0 Å². The Morgan fingerprint density at radius 3 is 2.45 bits per heavy atom. The summed E-state index contributed by atoms with van der Waals surface area (Å²) in [5, 5.41) is 3.25. The lowest BCUT2D eigenvalue weighted by atomic mass is 9.90. The molecule has 33 heavy (non-hydrogen) atoms. The van der Waals surface area contributed by atoms with Crippen LogP contribution in [0.15, 0.2) is 41.3 Å². The number of hydrogen-bond donors (Lipinski definition) is 1. The van der Waals surface area contributed by atoms with Crippen LogP contribution in [0.3, 0.4) is 0 Å². The fraction of sp³-hybridized carbons (Fsp3) is 0.333. The summed E-state index contributed by atoms with van der Waals surface area (Å²) in [4.78, 5) is 20.0. The number of hydrogen-bond acceptors (Lipinski definition) is 6. The summed E-state index contributed by atoms with van der Waals surface area (Å²) < 4.78 is 77.4. The van der Waals surface area contributed by atoms with Crippen molar-refractivity contribution in [2.75, 3.05) is 19.3 Å². The number of imidazole rings is 1. The number of rotatable bonds is 4. The van der Waals surface area contributed by atoms with Gasteiger partial charge in [-0.3, -0.25) is 0 Å². The third kappa shape index (κ3) is 4.71. The van der Waals surface area contributed by atoms with E-state index in [2.05, 4.69) is 15.1 Å². The molecule has 0 amide bonds. The average Bonchev–Trinajstić information content (AvgIpc) is 3.10. The number of piperidine rings is 1. The number of carbonyl (C=O) groups is 1. The van der Waals surface area contributed by atoms with Gasteiger partial charge in [-0.1, -0.05) is 6.07 Å². The summed E-state index contributed by atoms with van der Waals surface area (Å²) >= 11 is 0. The van der Waals surface area contributed by atoms with Crippen molar-refractivity contribution in [3.05, 3.63) is 47.8 Å². The van der Waals surface area contributed by atoms with Crippen molar-refractivity contribution in [3.63, 3.8) is 0 Å². The number of fused-ring (bicyclic) bond motifs is 1. The monoisotopic (exact) mass is 485 g/mol. The molecule has 1 fully saturated rings. The van der Waals surface area contributed by atoms with E-state index in [0.717, 1.165) is 55.9 Å². The van der Waals surface area contributed by atoms with Crippen LogP contribution in [0.2, 0.25) is 0 Å². The van der Waals surface area contributed by atoms with Gasteiger partial charge in [0.2, 0.25) is 0 Å². The molecule has 3 aromatic rings. The lowest BCUT2D eigenvalue weighted by Gasteiger charge is -2.22. The minimum absolute atomic E-state index is 0.0341. The predicted molar refractivity (Wildman–Crippen MR) is 111 cm³/mol. The number of benzene rings is 2. The van der Waals surface area contributed by atoms with Crippen molar-refractivity contribution in [3.8, 4) is 11.4 Å². The van der Waals surface area contributed by atoms with Gasteiger partial charge in [0, 0.05) is 6.26 Å². The number of carbonyl (C=O) groups excluding carboxylic acids is 1. The van der Waals surface area contributed by atoms with Gasteiger partial charge in [0.25, 0.3) is 0 Å². The third-order valence-electron chi connectivity index (χ3n) is 5.46. The van der Waals surface area contributed by atoms with E-state index in [0.29, 0.717) is 4.73 Å². The second-order valence-corrected chi connectivity index (χ2v) is 9.81. The van der Waals surface area contributed by atoms with Gasteiger partial charge < -0.3 is 10.2 Å². The van der Waals surface area contributed by atoms with Crippen LogP contribution in [-0.4, -0.2) is 49.6 Å². The zero-order valence-electron chi connectivity index (χ0n) is 17.3. The summed E-state index contributed by atoms with van der Waals surface area (Å²) in [5.41, 5.74) is 0.835. The first kappa shape index (κ1) is 23.2. The molecule has 0 bridgehead atoms. The van der Waals surface area contributed by atoms with E-state index in [9.17, 15) is 30.8 Å². The molecule has 0 aliphatic carbocycles. The molecule has 1 aliphatic rings. The van der Waals surface area contributed by atoms with Crippen molar-refractivity contribution < 1.29 is 35.6 Å². The number of nitrogens with one attached hydrogen (secondary N) is 1. The fourth-order valence-corrected chi connectivity index (χ4v) is 4.42. The molecule has 0 spiro atoms. The highest BCUT2D eigenvalue weighted by Crippen LogP contribution is 2.32. The highest BCUT2D eigenvalue weighted by Gasteiger charge is 2.42. The zero-order valence-corrected chi connectivity index (χ0v) is 18.1. The van der Waals surface area contributed by atoms with Crippen LogP contribution in [0.4, 0.5) is 17.6 Å². The van der Waals surface area contributed by atoms with Gasteiger partial charge in [0.15, 0.2) is 15.7 Å². The van der Waals surface area contributed by atoms with Gasteiger partial charge in [-0.25, -0.2) is 22.6 Å². The Bertz CT molecular complexity index is 1330. The minimum Gasteiger partial charge on any atom is -0.326 e. The maximum atomic E-state index is 14.8. The molecule has 1 saturated heterocycles. The van der Waals surface area contributed by atoms with E-state index in [1.807, 2.05) is 0 Å².